The summed E-state index contributed by atoms with van der Waals surface area (Å²) in [5.41, 5.74) is -1.47. The summed E-state index contributed by atoms with van der Waals surface area (Å²) in [4.78, 5) is 25.1. The van der Waals surface area contributed by atoms with Crippen molar-refractivity contribution in [2.24, 2.45) is 0 Å². The summed E-state index contributed by atoms with van der Waals surface area (Å²) >= 11 is 0. The molecule has 2 amide bonds. The van der Waals surface area contributed by atoms with Crippen LogP contribution in [0.2, 0.25) is 0 Å². The second-order valence-electron chi connectivity index (χ2n) is 4.54. The predicted octanol–water partition coefficient (Wildman–Crippen LogP) is -0.879. The molecule has 0 aliphatic carbocycles. The first-order valence-electron chi connectivity index (χ1n) is 5.76. The second-order valence-corrected chi connectivity index (χ2v) is 4.54. The third-order valence-electron chi connectivity index (χ3n) is 2.57. The minimum atomic E-state index is -1.47. The zero-order chi connectivity index (χ0) is 13.1. The number of rotatable bonds is 3. The molecule has 1 atom stereocenters. The Hall–Kier alpha value is -1.14. The molecule has 1 saturated heterocycles. The Kier molecular flexibility index (Phi) is 4.47. The number of aliphatic hydroxyl groups is 1. The standard InChI is InChI=1S/C11H20N2O4/c1-4-12-9(14)8-7-17-6-5-13(8)10(15)11(2,3)16/h8,16H,4-7H2,1-3H3,(H,12,14). The van der Waals surface area contributed by atoms with Crippen LogP contribution in [0.5, 0.6) is 0 Å². The van der Waals surface area contributed by atoms with Gasteiger partial charge in [-0.1, -0.05) is 0 Å². The molecule has 0 aromatic heterocycles. The first-order valence-corrected chi connectivity index (χ1v) is 5.76. The lowest BCUT2D eigenvalue weighted by Crippen LogP contribution is -2.59. The number of ether oxygens (including phenoxy) is 1. The van der Waals surface area contributed by atoms with Crippen molar-refractivity contribution in [2.45, 2.75) is 32.4 Å². The summed E-state index contributed by atoms with van der Waals surface area (Å²) in [7, 11) is 0. The second kappa shape index (κ2) is 5.46. The van der Waals surface area contributed by atoms with E-state index >= 15 is 0 Å². The van der Waals surface area contributed by atoms with Gasteiger partial charge < -0.3 is 20.1 Å². The van der Waals surface area contributed by atoms with Crippen molar-refractivity contribution < 1.29 is 19.4 Å². The maximum absolute atomic E-state index is 12.0. The highest BCUT2D eigenvalue weighted by Crippen LogP contribution is 2.14. The van der Waals surface area contributed by atoms with E-state index in [-0.39, 0.29) is 12.5 Å². The third kappa shape index (κ3) is 3.41. The van der Waals surface area contributed by atoms with Gasteiger partial charge >= 0.3 is 0 Å². The van der Waals surface area contributed by atoms with E-state index in [1.165, 1.54) is 18.7 Å². The zero-order valence-electron chi connectivity index (χ0n) is 10.5. The number of carbonyl (C=O) groups excluding carboxylic acids is 2. The van der Waals surface area contributed by atoms with Gasteiger partial charge in [-0.05, 0) is 20.8 Å². The Bertz CT molecular complexity index is 298. The van der Waals surface area contributed by atoms with E-state index < -0.39 is 17.6 Å². The monoisotopic (exact) mass is 244 g/mol. The highest BCUT2D eigenvalue weighted by molar-refractivity contribution is 5.91. The molecule has 0 radical (unpaired) electrons. The van der Waals surface area contributed by atoms with E-state index in [1.807, 2.05) is 6.92 Å². The Labute approximate surface area is 101 Å². The topological polar surface area (TPSA) is 78.9 Å². The maximum atomic E-state index is 12.0. The summed E-state index contributed by atoms with van der Waals surface area (Å²) in [6.07, 6.45) is 0. The summed E-state index contributed by atoms with van der Waals surface area (Å²) in [6.45, 7) is 6.03. The number of nitrogens with one attached hydrogen (secondary N) is 1. The van der Waals surface area contributed by atoms with E-state index in [0.29, 0.717) is 19.7 Å². The van der Waals surface area contributed by atoms with Crippen molar-refractivity contribution in [1.82, 2.24) is 10.2 Å². The molecule has 0 saturated carbocycles. The number of likely N-dealkylation sites (N-methyl/N-ethyl adjacent to an activating group) is 1. The highest BCUT2D eigenvalue weighted by Gasteiger charge is 2.38. The first-order chi connectivity index (χ1) is 7.88. The Morgan fingerprint density at radius 2 is 2.18 bits per heavy atom. The van der Waals surface area contributed by atoms with Gasteiger partial charge in [0.05, 0.1) is 13.2 Å². The SMILES string of the molecule is CCNC(=O)C1COCCN1C(=O)C(C)(C)O. The van der Waals surface area contributed by atoms with Crippen LogP contribution in [0.1, 0.15) is 20.8 Å². The van der Waals surface area contributed by atoms with Gasteiger partial charge in [-0.3, -0.25) is 9.59 Å². The fourth-order valence-corrected chi connectivity index (χ4v) is 1.71. The number of amides is 2. The van der Waals surface area contributed by atoms with Crippen molar-refractivity contribution in [1.29, 1.82) is 0 Å². The Balaban J connectivity index is 2.79. The van der Waals surface area contributed by atoms with Gasteiger partial charge in [-0.2, -0.15) is 0 Å². The molecule has 1 aliphatic heterocycles. The Morgan fingerprint density at radius 1 is 1.53 bits per heavy atom. The van der Waals surface area contributed by atoms with E-state index in [9.17, 15) is 14.7 Å². The van der Waals surface area contributed by atoms with E-state index in [0.717, 1.165) is 0 Å². The van der Waals surface area contributed by atoms with Gasteiger partial charge in [-0.15, -0.1) is 0 Å². The number of nitrogens with zero attached hydrogens (tertiary/aromatic N) is 1. The molecule has 6 heteroatoms. The normalized spacial score (nSPS) is 21.2. The molecule has 1 fully saturated rings. The lowest BCUT2D eigenvalue weighted by Gasteiger charge is -2.37. The van der Waals surface area contributed by atoms with Crippen LogP contribution < -0.4 is 5.32 Å². The number of carbonyl (C=O) groups is 2. The Morgan fingerprint density at radius 3 is 2.71 bits per heavy atom. The van der Waals surface area contributed by atoms with Crippen molar-refractivity contribution in [3.63, 3.8) is 0 Å². The molecule has 0 bridgehead atoms. The summed E-state index contributed by atoms with van der Waals surface area (Å²) in [5, 5.41) is 12.4. The molecule has 1 rings (SSSR count). The molecule has 98 valence electrons. The summed E-state index contributed by atoms with van der Waals surface area (Å²) in [6, 6.07) is -0.650. The minimum Gasteiger partial charge on any atom is -0.381 e. The van der Waals surface area contributed by atoms with Crippen LogP contribution in [0.25, 0.3) is 0 Å². The summed E-state index contributed by atoms with van der Waals surface area (Å²) < 4.78 is 5.21. The van der Waals surface area contributed by atoms with Gasteiger partial charge in [0.25, 0.3) is 5.91 Å². The fourth-order valence-electron chi connectivity index (χ4n) is 1.71. The van der Waals surface area contributed by atoms with Gasteiger partial charge in [0, 0.05) is 13.1 Å². The van der Waals surface area contributed by atoms with Crippen LogP contribution in [0.15, 0.2) is 0 Å². The average Bonchev–Trinajstić information content (AvgIpc) is 2.27. The fraction of sp³-hybridized carbons (Fsp3) is 0.818. The van der Waals surface area contributed by atoms with Gasteiger partial charge in [0.2, 0.25) is 5.91 Å². The molecule has 0 spiro atoms. The zero-order valence-corrected chi connectivity index (χ0v) is 10.5. The van der Waals surface area contributed by atoms with Crippen molar-refractivity contribution in [2.75, 3.05) is 26.3 Å². The molecular formula is C11H20N2O4. The lowest BCUT2D eigenvalue weighted by molar-refractivity contribution is -0.160. The van der Waals surface area contributed by atoms with Gasteiger partial charge in [0.15, 0.2) is 0 Å². The van der Waals surface area contributed by atoms with Crippen LogP contribution in [0, 0.1) is 0 Å². The van der Waals surface area contributed by atoms with E-state index in [4.69, 9.17) is 4.74 Å². The molecule has 6 nitrogen and oxygen atoms in total. The lowest BCUT2D eigenvalue weighted by atomic mass is 10.1. The van der Waals surface area contributed by atoms with Gasteiger partial charge in [0.1, 0.15) is 11.6 Å². The predicted molar refractivity (Wildman–Crippen MR) is 61.3 cm³/mol. The van der Waals surface area contributed by atoms with Crippen molar-refractivity contribution in [3.05, 3.63) is 0 Å². The average molecular weight is 244 g/mol. The first kappa shape index (κ1) is 13.9. The molecule has 1 unspecified atom stereocenters. The van der Waals surface area contributed by atoms with Crippen molar-refractivity contribution >= 4 is 11.8 Å². The molecular weight excluding hydrogens is 224 g/mol. The van der Waals surface area contributed by atoms with E-state index in [2.05, 4.69) is 5.32 Å². The molecule has 1 heterocycles. The quantitative estimate of drug-likeness (QED) is 0.676. The molecule has 0 aromatic rings. The smallest absolute Gasteiger partial charge is 0.254 e. The van der Waals surface area contributed by atoms with Crippen LogP contribution in [-0.2, 0) is 14.3 Å². The van der Waals surface area contributed by atoms with E-state index in [1.54, 1.807) is 0 Å². The maximum Gasteiger partial charge on any atom is 0.254 e. The molecule has 2 N–H and O–H groups in total. The summed E-state index contributed by atoms with van der Waals surface area (Å²) in [5.74, 6) is -0.693. The number of morpholine rings is 1. The van der Waals surface area contributed by atoms with Crippen LogP contribution in [0.3, 0.4) is 0 Å². The molecule has 0 aromatic carbocycles. The van der Waals surface area contributed by atoms with Crippen LogP contribution in [0.4, 0.5) is 0 Å². The molecule has 17 heavy (non-hydrogen) atoms. The van der Waals surface area contributed by atoms with Gasteiger partial charge in [-0.25, -0.2) is 0 Å². The third-order valence-corrected chi connectivity index (χ3v) is 2.57. The molecule has 1 aliphatic rings. The highest BCUT2D eigenvalue weighted by atomic mass is 16.5. The minimum absolute atomic E-state index is 0.174. The number of hydrogen-bond donors (Lipinski definition) is 2. The van der Waals surface area contributed by atoms with Crippen LogP contribution in [-0.4, -0.2) is 59.8 Å². The number of hydrogen-bond acceptors (Lipinski definition) is 4. The van der Waals surface area contributed by atoms with Crippen LogP contribution >= 0.6 is 0 Å². The largest absolute Gasteiger partial charge is 0.381 e. The van der Waals surface area contributed by atoms with Crippen molar-refractivity contribution in [3.8, 4) is 0 Å².